The van der Waals surface area contributed by atoms with E-state index in [1.807, 2.05) is 13.1 Å². The molecule has 3 heteroatoms. The monoisotopic (exact) mass is 263 g/mol. The van der Waals surface area contributed by atoms with Gasteiger partial charge in [0.1, 0.15) is 0 Å². The Bertz CT molecular complexity index is 428. The first-order chi connectivity index (χ1) is 8.30. The molecule has 0 N–H and O–H groups in total. The van der Waals surface area contributed by atoms with Gasteiger partial charge in [0.25, 0.3) is 0 Å². The van der Waals surface area contributed by atoms with Gasteiger partial charge in [0.05, 0.1) is 8.07 Å². The summed E-state index contributed by atoms with van der Waals surface area (Å²) in [7, 11) is 0.400. The molecule has 0 aromatic heterocycles. The van der Waals surface area contributed by atoms with E-state index in [-0.39, 0.29) is 5.91 Å². The van der Waals surface area contributed by atoms with Crippen LogP contribution in [0.1, 0.15) is 27.2 Å². The van der Waals surface area contributed by atoms with Crippen LogP contribution in [0.3, 0.4) is 0 Å². The van der Waals surface area contributed by atoms with Gasteiger partial charge in [-0.05, 0) is 17.7 Å². The van der Waals surface area contributed by atoms with Crippen molar-refractivity contribution in [3.8, 4) is 0 Å². The van der Waals surface area contributed by atoms with Gasteiger partial charge in [0.15, 0.2) is 0 Å². The second kappa shape index (κ2) is 5.70. The second-order valence-electron chi connectivity index (χ2n) is 5.66. The minimum absolute atomic E-state index is 0.0789. The number of carbonyl (C=O) groups excluding carboxylic acids is 1. The molecule has 0 radical (unpaired) electrons. The van der Waals surface area contributed by atoms with E-state index >= 15 is 0 Å². The summed E-state index contributed by atoms with van der Waals surface area (Å²) in [6, 6.07) is 8.49. The van der Waals surface area contributed by atoms with Crippen LogP contribution in [0.25, 0.3) is 0 Å². The number of anilines is 1. The second-order valence-corrected chi connectivity index (χ2v) is 10.7. The zero-order valence-corrected chi connectivity index (χ0v) is 13.4. The molecule has 0 aliphatic heterocycles. The fourth-order valence-electron chi connectivity index (χ4n) is 2.09. The average Bonchev–Trinajstić information content (AvgIpc) is 2.36. The lowest BCUT2D eigenvalue weighted by atomic mass is 10.3. The molecule has 1 aromatic rings. The Balaban J connectivity index is 3.12. The van der Waals surface area contributed by atoms with Crippen LogP contribution in [0.5, 0.6) is 0 Å². The maximum Gasteiger partial charge on any atom is 0.223 e. The summed E-state index contributed by atoms with van der Waals surface area (Å²) in [5.74, 6) is 0.0789. The van der Waals surface area contributed by atoms with Gasteiger partial charge < -0.3 is 4.90 Å². The summed E-state index contributed by atoms with van der Waals surface area (Å²) >= 11 is 0. The number of hydrogen-bond acceptors (Lipinski definition) is 1. The molecule has 1 aromatic carbocycles. The summed E-state index contributed by atoms with van der Waals surface area (Å²) in [5.41, 5.74) is 1.75. The Labute approximate surface area is 112 Å². The highest BCUT2D eigenvalue weighted by molar-refractivity contribution is 6.91. The van der Waals surface area contributed by atoms with E-state index < -0.39 is 8.07 Å². The van der Waals surface area contributed by atoms with Gasteiger partial charge in [0.2, 0.25) is 5.91 Å². The minimum atomic E-state index is -1.43. The molecule has 0 aliphatic carbocycles. The summed E-state index contributed by atoms with van der Waals surface area (Å²) in [5, 5.41) is 1.43. The SMILES string of the molecule is CCC(C)[Si](C)(C)c1cccc(N(C)C(C)=O)c1. The van der Waals surface area contributed by atoms with Crippen molar-refractivity contribution in [2.45, 2.75) is 45.8 Å². The third-order valence-electron chi connectivity index (χ3n) is 4.29. The van der Waals surface area contributed by atoms with Gasteiger partial charge in [-0.15, -0.1) is 0 Å². The molecule has 0 saturated heterocycles. The van der Waals surface area contributed by atoms with Crippen LogP contribution < -0.4 is 10.1 Å². The van der Waals surface area contributed by atoms with Gasteiger partial charge in [-0.3, -0.25) is 4.79 Å². The fourth-order valence-corrected chi connectivity index (χ4v) is 4.73. The molecule has 1 unspecified atom stereocenters. The third kappa shape index (κ3) is 3.02. The van der Waals surface area contributed by atoms with Gasteiger partial charge >= 0.3 is 0 Å². The molecule has 0 fully saturated rings. The zero-order valence-electron chi connectivity index (χ0n) is 12.4. The first-order valence-corrected chi connectivity index (χ1v) is 9.73. The van der Waals surface area contributed by atoms with Gasteiger partial charge in [0, 0.05) is 19.7 Å². The van der Waals surface area contributed by atoms with Gasteiger partial charge in [-0.1, -0.05) is 50.7 Å². The standard InChI is InChI=1S/C15H25NOSi/c1-7-12(2)18(5,6)15-10-8-9-14(11-15)16(4)13(3)17/h8-12H,7H2,1-6H3. The lowest BCUT2D eigenvalue weighted by Crippen LogP contribution is -2.45. The van der Waals surface area contributed by atoms with Crippen molar-refractivity contribution >= 4 is 24.9 Å². The number of benzene rings is 1. The van der Waals surface area contributed by atoms with Gasteiger partial charge in [-0.25, -0.2) is 0 Å². The summed E-state index contributed by atoms with van der Waals surface area (Å²) in [4.78, 5) is 13.1. The van der Waals surface area contributed by atoms with Crippen LogP contribution >= 0.6 is 0 Å². The van der Waals surface area contributed by atoms with Crippen LogP contribution in [0.2, 0.25) is 18.6 Å². The largest absolute Gasteiger partial charge is 0.316 e. The molecule has 0 aliphatic rings. The van der Waals surface area contributed by atoms with Crippen molar-refractivity contribution < 1.29 is 4.79 Å². The first-order valence-electron chi connectivity index (χ1n) is 6.65. The molecule has 0 spiro atoms. The van der Waals surface area contributed by atoms with Crippen molar-refractivity contribution in [1.29, 1.82) is 0 Å². The summed E-state index contributed by atoms with van der Waals surface area (Å²) in [6.45, 7) is 11.0. The van der Waals surface area contributed by atoms with E-state index in [0.717, 1.165) is 11.2 Å². The zero-order chi connectivity index (χ0) is 13.9. The summed E-state index contributed by atoms with van der Waals surface area (Å²) < 4.78 is 0. The molecule has 18 heavy (non-hydrogen) atoms. The Hall–Kier alpha value is -1.09. The normalized spacial score (nSPS) is 13.2. The Morgan fingerprint density at radius 2 is 2.00 bits per heavy atom. The van der Waals surface area contributed by atoms with E-state index in [1.54, 1.807) is 11.8 Å². The summed E-state index contributed by atoms with van der Waals surface area (Å²) in [6.07, 6.45) is 1.21. The van der Waals surface area contributed by atoms with Crippen molar-refractivity contribution in [3.63, 3.8) is 0 Å². The predicted molar refractivity (Wildman–Crippen MR) is 82.4 cm³/mol. The van der Waals surface area contributed by atoms with Crippen LogP contribution in [0.15, 0.2) is 24.3 Å². The topological polar surface area (TPSA) is 20.3 Å². The predicted octanol–water partition coefficient (Wildman–Crippen LogP) is 3.38. The Morgan fingerprint density at radius 1 is 1.39 bits per heavy atom. The van der Waals surface area contributed by atoms with Crippen LogP contribution in [-0.2, 0) is 4.79 Å². The van der Waals surface area contributed by atoms with E-state index in [1.165, 1.54) is 11.6 Å². The van der Waals surface area contributed by atoms with Crippen LogP contribution in [-0.4, -0.2) is 21.0 Å². The van der Waals surface area contributed by atoms with Crippen LogP contribution in [0.4, 0.5) is 5.69 Å². The van der Waals surface area contributed by atoms with Gasteiger partial charge in [-0.2, -0.15) is 0 Å². The molecule has 1 amide bonds. The fraction of sp³-hybridized carbons (Fsp3) is 0.533. The van der Waals surface area contributed by atoms with E-state index in [0.29, 0.717) is 0 Å². The lowest BCUT2D eigenvalue weighted by Gasteiger charge is -2.30. The maximum atomic E-state index is 11.4. The third-order valence-corrected chi connectivity index (χ3v) is 8.97. The highest BCUT2D eigenvalue weighted by Crippen LogP contribution is 2.25. The molecule has 0 heterocycles. The number of carbonyl (C=O) groups is 1. The first kappa shape index (κ1) is 15.0. The van der Waals surface area contributed by atoms with Crippen molar-refractivity contribution in [1.82, 2.24) is 0 Å². The molecule has 100 valence electrons. The van der Waals surface area contributed by atoms with E-state index in [9.17, 15) is 4.79 Å². The smallest absolute Gasteiger partial charge is 0.223 e. The van der Waals surface area contributed by atoms with Crippen molar-refractivity contribution in [3.05, 3.63) is 24.3 Å². The van der Waals surface area contributed by atoms with Crippen molar-refractivity contribution in [2.24, 2.45) is 0 Å². The Morgan fingerprint density at radius 3 is 2.50 bits per heavy atom. The van der Waals surface area contributed by atoms with E-state index in [4.69, 9.17) is 0 Å². The molecule has 1 rings (SSSR count). The highest BCUT2D eigenvalue weighted by atomic mass is 28.3. The van der Waals surface area contributed by atoms with Crippen molar-refractivity contribution in [2.75, 3.05) is 11.9 Å². The van der Waals surface area contributed by atoms with Crippen LogP contribution in [0, 0.1) is 0 Å². The molecule has 1 atom stereocenters. The highest BCUT2D eigenvalue weighted by Gasteiger charge is 2.29. The molecular weight excluding hydrogens is 238 g/mol. The Kier molecular flexibility index (Phi) is 4.74. The number of nitrogens with zero attached hydrogens (tertiary/aromatic N) is 1. The van der Waals surface area contributed by atoms with E-state index in [2.05, 4.69) is 45.1 Å². The lowest BCUT2D eigenvalue weighted by molar-refractivity contribution is -0.116. The molecular formula is C15H25NOSi. The number of hydrogen-bond donors (Lipinski definition) is 0. The molecule has 0 bridgehead atoms. The average molecular weight is 263 g/mol. The number of rotatable bonds is 4. The minimum Gasteiger partial charge on any atom is -0.316 e. The quantitative estimate of drug-likeness (QED) is 0.763. The number of amides is 1. The molecule has 2 nitrogen and oxygen atoms in total. The molecule has 0 saturated carbocycles. The maximum absolute atomic E-state index is 11.4.